The molecule has 0 aliphatic heterocycles. The minimum atomic E-state index is -0.00962. The van der Waals surface area contributed by atoms with Gasteiger partial charge >= 0.3 is 0 Å². The minimum absolute atomic E-state index is 0.00962. The van der Waals surface area contributed by atoms with E-state index in [1.807, 2.05) is 6.92 Å². The van der Waals surface area contributed by atoms with Gasteiger partial charge in [0.05, 0.1) is 7.11 Å². The Bertz CT molecular complexity index is 570. The van der Waals surface area contributed by atoms with Crippen LogP contribution in [0.4, 0.5) is 0 Å². The van der Waals surface area contributed by atoms with Gasteiger partial charge in [-0.05, 0) is 41.2 Å². The smallest absolute Gasteiger partial charge is 0.298 e. The van der Waals surface area contributed by atoms with E-state index < -0.39 is 0 Å². The largest absolute Gasteiger partial charge is 0.493 e. The zero-order valence-corrected chi connectivity index (χ0v) is 14.2. The molecule has 1 aromatic carbocycles. The van der Waals surface area contributed by atoms with E-state index in [2.05, 4.69) is 40.7 Å². The average Bonchev–Trinajstić information content (AvgIpc) is 2.38. The molecule has 0 saturated heterocycles. The molecule has 0 fully saturated rings. The molecule has 0 amide bonds. The molecule has 1 unspecified atom stereocenters. The zero-order chi connectivity index (χ0) is 16.0. The van der Waals surface area contributed by atoms with Crippen LogP contribution in [0.1, 0.15) is 57.7 Å². The number of methoxy groups -OCH3 is 1. The van der Waals surface area contributed by atoms with Gasteiger partial charge in [0, 0.05) is 5.56 Å². The zero-order valence-electron chi connectivity index (χ0n) is 14.2. The lowest BCUT2D eigenvalue weighted by Gasteiger charge is -2.47. The Morgan fingerprint density at radius 1 is 1.24 bits per heavy atom. The van der Waals surface area contributed by atoms with Crippen molar-refractivity contribution in [2.45, 2.75) is 58.8 Å². The lowest BCUT2D eigenvalue weighted by Crippen LogP contribution is -2.40. The van der Waals surface area contributed by atoms with E-state index in [-0.39, 0.29) is 10.8 Å². The van der Waals surface area contributed by atoms with E-state index in [1.165, 1.54) is 11.1 Å². The van der Waals surface area contributed by atoms with Crippen molar-refractivity contribution in [3.8, 4) is 11.5 Å². The Kier molecular flexibility index (Phi) is 3.81. The van der Waals surface area contributed by atoms with Crippen LogP contribution in [0.5, 0.6) is 11.5 Å². The Labute approximate surface area is 127 Å². The van der Waals surface area contributed by atoms with Gasteiger partial charge in [0.1, 0.15) is 0 Å². The van der Waals surface area contributed by atoms with Crippen molar-refractivity contribution in [2.24, 2.45) is 5.92 Å². The molecule has 3 heteroatoms. The SMILES string of the molecule is COc1c(OC=O)c(C)cc2c1C(C)(C)CC(C)C2(C)C. The van der Waals surface area contributed by atoms with Crippen LogP contribution in [0.25, 0.3) is 0 Å². The Hall–Kier alpha value is -1.51. The highest BCUT2D eigenvalue weighted by atomic mass is 16.5. The summed E-state index contributed by atoms with van der Waals surface area (Å²) in [5.41, 5.74) is 3.48. The van der Waals surface area contributed by atoms with Gasteiger partial charge < -0.3 is 9.47 Å². The maximum atomic E-state index is 10.8. The van der Waals surface area contributed by atoms with Crippen molar-refractivity contribution < 1.29 is 14.3 Å². The third-order valence-electron chi connectivity index (χ3n) is 5.21. The molecule has 0 radical (unpaired) electrons. The van der Waals surface area contributed by atoms with Crippen molar-refractivity contribution in [1.82, 2.24) is 0 Å². The molecular weight excluding hydrogens is 264 g/mol. The lowest BCUT2D eigenvalue weighted by molar-refractivity contribution is -0.120. The van der Waals surface area contributed by atoms with Gasteiger partial charge in [-0.2, -0.15) is 0 Å². The normalized spacial score (nSPS) is 22.3. The predicted molar refractivity (Wildman–Crippen MR) is 84.3 cm³/mol. The molecule has 2 rings (SSSR count). The molecule has 0 spiro atoms. The molecule has 116 valence electrons. The van der Waals surface area contributed by atoms with Gasteiger partial charge in [0.15, 0.2) is 11.5 Å². The summed E-state index contributed by atoms with van der Waals surface area (Å²) >= 11 is 0. The van der Waals surface area contributed by atoms with E-state index in [4.69, 9.17) is 9.47 Å². The molecule has 0 heterocycles. The van der Waals surface area contributed by atoms with Crippen LogP contribution in [0.2, 0.25) is 0 Å². The summed E-state index contributed by atoms with van der Waals surface area (Å²) in [6.45, 7) is 13.8. The van der Waals surface area contributed by atoms with Crippen molar-refractivity contribution in [1.29, 1.82) is 0 Å². The number of carbonyl (C=O) groups is 1. The van der Waals surface area contributed by atoms with Crippen LogP contribution in [0, 0.1) is 12.8 Å². The van der Waals surface area contributed by atoms with E-state index >= 15 is 0 Å². The molecule has 1 atom stereocenters. The van der Waals surface area contributed by atoms with Crippen LogP contribution < -0.4 is 9.47 Å². The highest BCUT2D eigenvalue weighted by Crippen LogP contribution is 2.54. The van der Waals surface area contributed by atoms with E-state index in [0.29, 0.717) is 23.9 Å². The molecule has 1 aliphatic carbocycles. The first-order chi connectivity index (χ1) is 9.66. The molecule has 0 aromatic heterocycles. The first kappa shape index (κ1) is 15.9. The van der Waals surface area contributed by atoms with Gasteiger partial charge in [0.25, 0.3) is 6.47 Å². The second-order valence-electron chi connectivity index (χ2n) is 7.40. The standard InChI is InChI=1S/C18H26O3/c1-11-8-13-14(16(20-7)15(11)21-10-19)17(3,4)9-12(2)18(13,5)6/h8,10,12H,9H2,1-7H3. The monoisotopic (exact) mass is 290 g/mol. The Balaban J connectivity index is 2.84. The number of carbonyl (C=O) groups excluding carboxylic acids is 1. The van der Waals surface area contributed by atoms with Gasteiger partial charge in [-0.25, -0.2) is 0 Å². The second kappa shape index (κ2) is 5.04. The fourth-order valence-electron chi connectivity index (χ4n) is 3.73. The number of benzene rings is 1. The maximum absolute atomic E-state index is 10.8. The van der Waals surface area contributed by atoms with Crippen LogP contribution in [0.3, 0.4) is 0 Å². The van der Waals surface area contributed by atoms with Crippen LogP contribution in [-0.2, 0) is 15.6 Å². The molecule has 1 aromatic rings. The molecule has 3 nitrogen and oxygen atoms in total. The first-order valence-electron chi connectivity index (χ1n) is 7.49. The summed E-state index contributed by atoms with van der Waals surface area (Å²) < 4.78 is 10.9. The van der Waals surface area contributed by atoms with Crippen LogP contribution in [0.15, 0.2) is 6.07 Å². The van der Waals surface area contributed by atoms with Gasteiger partial charge in [-0.3, -0.25) is 4.79 Å². The fraction of sp³-hybridized carbons (Fsp3) is 0.611. The summed E-state index contributed by atoms with van der Waals surface area (Å²) in [5, 5.41) is 0. The van der Waals surface area contributed by atoms with Crippen molar-refractivity contribution >= 4 is 6.47 Å². The Morgan fingerprint density at radius 3 is 2.38 bits per heavy atom. The highest BCUT2D eigenvalue weighted by molar-refractivity contribution is 5.63. The molecule has 1 aliphatic rings. The number of rotatable bonds is 3. The van der Waals surface area contributed by atoms with Gasteiger partial charge in [-0.15, -0.1) is 0 Å². The third kappa shape index (κ3) is 2.33. The number of fused-ring (bicyclic) bond motifs is 1. The number of hydrogen-bond acceptors (Lipinski definition) is 3. The average molecular weight is 290 g/mol. The fourth-order valence-corrected chi connectivity index (χ4v) is 3.73. The summed E-state index contributed by atoms with van der Waals surface area (Å²) in [6.07, 6.45) is 1.08. The van der Waals surface area contributed by atoms with Crippen LogP contribution >= 0.6 is 0 Å². The van der Waals surface area contributed by atoms with Gasteiger partial charge in [0.2, 0.25) is 0 Å². The number of ether oxygens (including phenoxy) is 2. The van der Waals surface area contributed by atoms with E-state index in [1.54, 1.807) is 7.11 Å². The number of aryl methyl sites for hydroxylation is 1. The third-order valence-corrected chi connectivity index (χ3v) is 5.21. The summed E-state index contributed by atoms with van der Waals surface area (Å²) in [5.74, 6) is 1.83. The molecular formula is C18H26O3. The van der Waals surface area contributed by atoms with E-state index in [0.717, 1.165) is 12.0 Å². The molecule has 21 heavy (non-hydrogen) atoms. The van der Waals surface area contributed by atoms with Crippen LogP contribution in [-0.4, -0.2) is 13.6 Å². The minimum Gasteiger partial charge on any atom is -0.493 e. The van der Waals surface area contributed by atoms with Gasteiger partial charge in [-0.1, -0.05) is 40.7 Å². The maximum Gasteiger partial charge on any atom is 0.298 e. The molecule has 0 saturated carbocycles. The summed E-state index contributed by atoms with van der Waals surface area (Å²) in [6, 6.07) is 2.16. The lowest BCUT2D eigenvalue weighted by atomic mass is 9.58. The second-order valence-corrected chi connectivity index (χ2v) is 7.40. The summed E-state index contributed by atoms with van der Waals surface area (Å²) in [4.78, 5) is 10.8. The van der Waals surface area contributed by atoms with Crippen molar-refractivity contribution in [3.05, 3.63) is 22.8 Å². The molecule has 0 bridgehead atoms. The first-order valence-corrected chi connectivity index (χ1v) is 7.49. The van der Waals surface area contributed by atoms with Crippen molar-refractivity contribution in [3.63, 3.8) is 0 Å². The topological polar surface area (TPSA) is 35.5 Å². The number of hydrogen-bond donors (Lipinski definition) is 0. The Morgan fingerprint density at radius 2 is 1.86 bits per heavy atom. The predicted octanol–water partition coefficient (Wildman–Crippen LogP) is 4.13. The summed E-state index contributed by atoms with van der Waals surface area (Å²) in [7, 11) is 1.65. The molecule has 0 N–H and O–H groups in total. The highest BCUT2D eigenvalue weighted by Gasteiger charge is 2.44. The van der Waals surface area contributed by atoms with Crippen molar-refractivity contribution in [2.75, 3.05) is 7.11 Å². The quantitative estimate of drug-likeness (QED) is 0.785. The van der Waals surface area contributed by atoms with E-state index in [9.17, 15) is 4.79 Å².